The van der Waals surface area contributed by atoms with Gasteiger partial charge in [-0.3, -0.25) is 4.79 Å². The summed E-state index contributed by atoms with van der Waals surface area (Å²) in [5.41, 5.74) is 4.86. The summed E-state index contributed by atoms with van der Waals surface area (Å²) in [6.45, 7) is 4.65. The highest BCUT2D eigenvalue weighted by Gasteiger charge is 2.40. The monoisotopic (exact) mass is 230 g/mol. The molecule has 1 fully saturated rings. The van der Waals surface area contributed by atoms with Crippen LogP contribution in [0.2, 0.25) is 0 Å². The molecule has 0 bridgehead atoms. The lowest BCUT2D eigenvalue weighted by molar-refractivity contribution is -0.151. The average Bonchev–Trinajstić information content (AvgIpc) is 2.72. The van der Waals surface area contributed by atoms with Gasteiger partial charge in [0, 0.05) is 33.4 Å². The Morgan fingerprint density at radius 3 is 2.81 bits per heavy atom. The molecule has 0 saturated carbocycles. The fourth-order valence-corrected chi connectivity index (χ4v) is 1.95. The van der Waals surface area contributed by atoms with Gasteiger partial charge in [0.15, 0.2) is 0 Å². The molecule has 1 unspecified atom stereocenters. The first-order valence-electron chi connectivity index (χ1n) is 5.76. The van der Waals surface area contributed by atoms with Gasteiger partial charge >= 0.3 is 0 Å². The molecule has 1 rings (SSSR count). The molecule has 1 amide bonds. The number of rotatable bonds is 6. The molecule has 0 radical (unpaired) electrons. The van der Waals surface area contributed by atoms with E-state index in [1.165, 1.54) is 0 Å². The fourth-order valence-electron chi connectivity index (χ4n) is 1.95. The summed E-state index contributed by atoms with van der Waals surface area (Å²) in [5, 5.41) is 0. The van der Waals surface area contributed by atoms with Crippen molar-refractivity contribution in [2.75, 3.05) is 40.0 Å². The molecule has 2 N–H and O–H groups in total. The van der Waals surface area contributed by atoms with Crippen LogP contribution in [0.3, 0.4) is 0 Å². The smallest absolute Gasteiger partial charge is 0.254 e. The summed E-state index contributed by atoms with van der Waals surface area (Å²) in [7, 11) is 1.62. The number of nitrogens with two attached hydrogens (primary N) is 1. The van der Waals surface area contributed by atoms with Gasteiger partial charge < -0.3 is 20.1 Å². The van der Waals surface area contributed by atoms with E-state index < -0.39 is 5.60 Å². The summed E-state index contributed by atoms with van der Waals surface area (Å²) in [6, 6.07) is 0. The largest absolute Gasteiger partial charge is 0.383 e. The van der Waals surface area contributed by atoms with Crippen molar-refractivity contribution in [1.29, 1.82) is 0 Å². The van der Waals surface area contributed by atoms with E-state index in [1.807, 2.05) is 6.92 Å². The topological polar surface area (TPSA) is 64.8 Å². The number of hydrogen-bond acceptors (Lipinski definition) is 4. The summed E-state index contributed by atoms with van der Waals surface area (Å²) < 4.78 is 10.5. The van der Waals surface area contributed by atoms with Gasteiger partial charge in [0.2, 0.25) is 0 Å². The van der Waals surface area contributed by atoms with Gasteiger partial charge in [-0.1, -0.05) is 0 Å². The molecule has 1 heterocycles. The number of carbonyl (C=O) groups is 1. The second-order valence-electron chi connectivity index (χ2n) is 4.26. The van der Waals surface area contributed by atoms with Gasteiger partial charge in [-0.25, -0.2) is 0 Å². The van der Waals surface area contributed by atoms with Crippen LogP contribution in [0.5, 0.6) is 0 Å². The minimum atomic E-state index is -0.650. The Hall–Kier alpha value is -0.650. The maximum Gasteiger partial charge on any atom is 0.254 e. The number of carbonyl (C=O) groups excluding carboxylic acids is 1. The third-order valence-electron chi connectivity index (χ3n) is 2.92. The Morgan fingerprint density at radius 1 is 1.56 bits per heavy atom. The molecule has 5 nitrogen and oxygen atoms in total. The summed E-state index contributed by atoms with van der Waals surface area (Å²) in [5.74, 6) is 0.0347. The van der Waals surface area contributed by atoms with Crippen LogP contribution in [-0.2, 0) is 14.3 Å². The van der Waals surface area contributed by atoms with Crippen molar-refractivity contribution in [2.24, 2.45) is 5.73 Å². The number of amides is 1. The zero-order chi connectivity index (χ0) is 12.0. The van der Waals surface area contributed by atoms with Gasteiger partial charge in [-0.2, -0.15) is 0 Å². The summed E-state index contributed by atoms with van der Waals surface area (Å²) in [6.07, 6.45) is 1.74. The quantitative estimate of drug-likeness (QED) is 0.697. The van der Waals surface area contributed by atoms with Gasteiger partial charge in [-0.05, 0) is 19.8 Å². The molecule has 1 aliphatic rings. The van der Waals surface area contributed by atoms with E-state index >= 15 is 0 Å². The molecule has 0 aromatic rings. The summed E-state index contributed by atoms with van der Waals surface area (Å²) in [4.78, 5) is 14.0. The molecular weight excluding hydrogens is 208 g/mol. The lowest BCUT2D eigenvalue weighted by Gasteiger charge is -2.30. The van der Waals surface area contributed by atoms with E-state index in [0.717, 1.165) is 12.8 Å². The van der Waals surface area contributed by atoms with Crippen LogP contribution >= 0.6 is 0 Å². The molecule has 0 aliphatic carbocycles. The molecule has 16 heavy (non-hydrogen) atoms. The van der Waals surface area contributed by atoms with Crippen LogP contribution in [0.1, 0.15) is 19.8 Å². The van der Waals surface area contributed by atoms with E-state index in [2.05, 4.69) is 0 Å². The van der Waals surface area contributed by atoms with Crippen molar-refractivity contribution >= 4 is 5.91 Å². The molecule has 0 aromatic carbocycles. The molecule has 5 heteroatoms. The van der Waals surface area contributed by atoms with Crippen molar-refractivity contribution in [2.45, 2.75) is 25.4 Å². The van der Waals surface area contributed by atoms with E-state index in [-0.39, 0.29) is 5.91 Å². The summed E-state index contributed by atoms with van der Waals surface area (Å²) >= 11 is 0. The SMILES string of the molecule is COCCN(CCN)C(=O)C1(C)CCCO1. The maximum atomic E-state index is 12.3. The first-order chi connectivity index (χ1) is 7.64. The van der Waals surface area contributed by atoms with Crippen LogP contribution in [-0.4, -0.2) is 56.4 Å². The highest BCUT2D eigenvalue weighted by Crippen LogP contribution is 2.27. The van der Waals surface area contributed by atoms with E-state index in [9.17, 15) is 4.79 Å². The number of hydrogen-bond donors (Lipinski definition) is 1. The Bertz CT molecular complexity index is 227. The van der Waals surface area contributed by atoms with Gasteiger partial charge in [0.05, 0.1) is 6.61 Å². The number of ether oxygens (including phenoxy) is 2. The van der Waals surface area contributed by atoms with E-state index in [0.29, 0.717) is 32.8 Å². The molecule has 94 valence electrons. The Labute approximate surface area is 96.9 Å². The lowest BCUT2D eigenvalue weighted by Crippen LogP contribution is -2.49. The molecule has 0 aromatic heterocycles. The molecule has 1 atom stereocenters. The van der Waals surface area contributed by atoms with Crippen LogP contribution in [0, 0.1) is 0 Å². The first kappa shape index (κ1) is 13.4. The number of methoxy groups -OCH3 is 1. The second kappa shape index (κ2) is 6.18. The Morgan fingerprint density at radius 2 is 2.31 bits per heavy atom. The second-order valence-corrected chi connectivity index (χ2v) is 4.26. The highest BCUT2D eigenvalue weighted by atomic mass is 16.5. The predicted molar refractivity (Wildman–Crippen MR) is 61.1 cm³/mol. The van der Waals surface area contributed by atoms with Crippen molar-refractivity contribution in [3.63, 3.8) is 0 Å². The minimum Gasteiger partial charge on any atom is -0.383 e. The van der Waals surface area contributed by atoms with Crippen molar-refractivity contribution < 1.29 is 14.3 Å². The third-order valence-corrected chi connectivity index (χ3v) is 2.92. The van der Waals surface area contributed by atoms with Crippen molar-refractivity contribution in [3.05, 3.63) is 0 Å². The van der Waals surface area contributed by atoms with Crippen molar-refractivity contribution in [1.82, 2.24) is 4.90 Å². The highest BCUT2D eigenvalue weighted by molar-refractivity contribution is 5.85. The van der Waals surface area contributed by atoms with Crippen LogP contribution in [0.25, 0.3) is 0 Å². The van der Waals surface area contributed by atoms with E-state index in [1.54, 1.807) is 12.0 Å². The first-order valence-corrected chi connectivity index (χ1v) is 5.76. The zero-order valence-corrected chi connectivity index (χ0v) is 10.2. The standard InChI is InChI=1S/C11H22N2O3/c1-11(4-3-8-16-11)10(14)13(6-5-12)7-9-15-2/h3-9,12H2,1-2H3. The van der Waals surface area contributed by atoms with Crippen molar-refractivity contribution in [3.8, 4) is 0 Å². The molecule has 1 saturated heterocycles. The normalized spacial score (nSPS) is 24.7. The fraction of sp³-hybridized carbons (Fsp3) is 0.909. The Kier molecular flexibility index (Phi) is 5.18. The van der Waals surface area contributed by atoms with Gasteiger partial charge in [0.25, 0.3) is 5.91 Å². The maximum absolute atomic E-state index is 12.3. The average molecular weight is 230 g/mol. The number of nitrogens with zero attached hydrogens (tertiary/aromatic N) is 1. The van der Waals surface area contributed by atoms with Crippen LogP contribution in [0.15, 0.2) is 0 Å². The minimum absolute atomic E-state index is 0.0347. The molecule has 1 aliphatic heterocycles. The Balaban J connectivity index is 2.58. The zero-order valence-electron chi connectivity index (χ0n) is 10.2. The molecular formula is C11H22N2O3. The predicted octanol–water partition coefficient (Wildman–Crippen LogP) is -0.0108. The van der Waals surface area contributed by atoms with Gasteiger partial charge in [-0.15, -0.1) is 0 Å². The van der Waals surface area contributed by atoms with E-state index in [4.69, 9.17) is 15.2 Å². The lowest BCUT2D eigenvalue weighted by atomic mass is 10.0. The van der Waals surface area contributed by atoms with Crippen LogP contribution in [0.4, 0.5) is 0 Å². The molecule has 0 spiro atoms. The van der Waals surface area contributed by atoms with Gasteiger partial charge in [0.1, 0.15) is 5.60 Å². The third kappa shape index (κ3) is 3.17. The van der Waals surface area contributed by atoms with Crippen LogP contribution < -0.4 is 5.73 Å².